The number of hydrogen-bond donors (Lipinski definition) is 2. The Labute approximate surface area is 203 Å². The van der Waals surface area contributed by atoms with Crippen molar-refractivity contribution in [2.75, 3.05) is 60.7 Å². The van der Waals surface area contributed by atoms with Crippen LogP contribution in [0.3, 0.4) is 0 Å². The van der Waals surface area contributed by atoms with E-state index in [2.05, 4.69) is 15.6 Å². The maximum atomic E-state index is 11.9. The highest BCUT2D eigenvalue weighted by atomic mass is 127. The summed E-state index contributed by atoms with van der Waals surface area (Å²) in [6.07, 6.45) is 4.17. The van der Waals surface area contributed by atoms with Gasteiger partial charge in [-0.2, -0.15) is 0 Å². The van der Waals surface area contributed by atoms with Gasteiger partial charge < -0.3 is 29.7 Å². The number of ether oxygens (including phenoxy) is 3. The van der Waals surface area contributed by atoms with Crippen LogP contribution in [-0.4, -0.2) is 83.5 Å². The molecule has 1 saturated heterocycles. The lowest BCUT2D eigenvalue weighted by molar-refractivity contribution is -0.127. The first-order valence-corrected chi connectivity index (χ1v) is 10.6. The fourth-order valence-electron chi connectivity index (χ4n) is 2.95. The average molecular weight is 548 g/mol. The molecule has 0 bridgehead atoms. The number of benzene rings is 1. The summed E-state index contributed by atoms with van der Waals surface area (Å²) >= 11 is 0. The van der Waals surface area contributed by atoms with Crippen molar-refractivity contribution in [3.8, 4) is 5.75 Å². The fraction of sp³-hybridized carbons (Fsp3) is 0.636. The van der Waals surface area contributed by atoms with Gasteiger partial charge in [0, 0.05) is 40.4 Å². The van der Waals surface area contributed by atoms with Crippen molar-refractivity contribution >= 4 is 35.8 Å². The van der Waals surface area contributed by atoms with Gasteiger partial charge in [0.1, 0.15) is 12.3 Å². The Kier molecular flexibility index (Phi) is 14.3. The van der Waals surface area contributed by atoms with E-state index in [9.17, 15) is 4.79 Å². The van der Waals surface area contributed by atoms with Crippen LogP contribution in [0.15, 0.2) is 29.3 Å². The third-order valence-electron chi connectivity index (χ3n) is 4.82. The second-order valence-electron chi connectivity index (χ2n) is 7.47. The number of methoxy groups -OCH3 is 1. The van der Waals surface area contributed by atoms with Crippen molar-refractivity contribution in [1.29, 1.82) is 0 Å². The number of aliphatic imine (C=N–C) groups is 1. The molecule has 9 heteroatoms. The van der Waals surface area contributed by atoms with Crippen LogP contribution < -0.4 is 15.4 Å². The number of hydrogen-bond acceptors (Lipinski definition) is 5. The average Bonchev–Trinajstić information content (AvgIpc) is 3.27. The molecule has 0 aliphatic carbocycles. The minimum atomic E-state index is -0.0360. The summed E-state index contributed by atoms with van der Waals surface area (Å²) in [5, 5.41) is 6.59. The number of halogens is 1. The number of nitrogens with zero attached hydrogens (tertiary/aromatic N) is 2. The van der Waals surface area contributed by atoms with Crippen LogP contribution in [0.2, 0.25) is 0 Å². The molecule has 2 rings (SSSR count). The van der Waals surface area contributed by atoms with Gasteiger partial charge in [0.05, 0.1) is 19.8 Å². The smallest absolute Gasteiger partial charge is 0.243 e. The number of carbonyl (C=O) groups is 1. The quantitative estimate of drug-likeness (QED) is 0.180. The van der Waals surface area contributed by atoms with Crippen LogP contribution in [0, 0.1) is 0 Å². The Morgan fingerprint density at radius 3 is 2.61 bits per heavy atom. The number of guanidine groups is 1. The van der Waals surface area contributed by atoms with Gasteiger partial charge in [-0.3, -0.25) is 4.79 Å². The van der Waals surface area contributed by atoms with Crippen molar-refractivity contribution in [1.82, 2.24) is 15.5 Å². The van der Waals surface area contributed by atoms with Crippen LogP contribution in [0.4, 0.5) is 0 Å². The van der Waals surface area contributed by atoms with Gasteiger partial charge in [0.25, 0.3) is 0 Å². The van der Waals surface area contributed by atoms with Gasteiger partial charge in [-0.1, -0.05) is 12.1 Å². The number of likely N-dealkylation sites (N-methyl/N-ethyl adjacent to an activating group) is 1. The summed E-state index contributed by atoms with van der Waals surface area (Å²) in [6.45, 7) is 3.73. The van der Waals surface area contributed by atoms with Crippen LogP contribution in [0.25, 0.3) is 0 Å². The summed E-state index contributed by atoms with van der Waals surface area (Å²) in [4.78, 5) is 17.8. The highest BCUT2D eigenvalue weighted by Crippen LogP contribution is 2.12. The van der Waals surface area contributed by atoms with Crippen molar-refractivity contribution in [2.45, 2.75) is 31.8 Å². The molecule has 1 aliphatic rings. The maximum Gasteiger partial charge on any atom is 0.243 e. The number of rotatable bonds is 12. The third kappa shape index (κ3) is 11.6. The molecule has 176 valence electrons. The lowest BCUT2D eigenvalue weighted by atomic mass is 10.1. The molecule has 0 aromatic heterocycles. The molecule has 0 radical (unpaired) electrons. The normalized spacial score (nSPS) is 15.8. The molecular weight excluding hydrogens is 511 g/mol. The van der Waals surface area contributed by atoms with E-state index in [1.807, 2.05) is 24.3 Å². The molecule has 0 spiro atoms. The van der Waals surface area contributed by atoms with Gasteiger partial charge in [-0.05, 0) is 43.4 Å². The third-order valence-corrected chi connectivity index (χ3v) is 4.82. The molecule has 0 saturated carbocycles. The number of nitrogens with one attached hydrogen (secondary N) is 2. The molecular formula is C22H37IN4O4. The van der Waals surface area contributed by atoms with E-state index < -0.39 is 0 Å². The lowest BCUT2D eigenvalue weighted by Crippen LogP contribution is -2.40. The predicted octanol–water partition coefficient (Wildman–Crippen LogP) is 2.06. The molecule has 1 unspecified atom stereocenters. The molecule has 1 heterocycles. The summed E-state index contributed by atoms with van der Waals surface area (Å²) in [6, 6.07) is 8.00. The minimum Gasteiger partial charge on any atom is -0.497 e. The summed E-state index contributed by atoms with van der Waals surface area (Å²) in [5.74, 6) is 1.45. The van der Waals surface area contributed by atoms with Gasteiger partial charge >= 0.3 is 0 Å². The van der Waals surface area contributed by atoms with Crippen molar-refractivity contribution < 1.29 is 19.0 Å². The van der Waals surface area contributed by atoms with Crippen LogP contribution in [0.5, 0.6) is 5.75 Å². The predicted molar refractivity (Wildman–Crippen MR) is 134 cm³/mol. The molecule has 1 aromatic carbocycles. The molecule has 31 heavy (non-hydrogen) atoms. The van der Waals surface area contributed by atoms with Crippen LogP contribution >= 0.6 is 24.0 Å². The van der Waals surface area contributed by atoms with E-state index >= 15 is 0 Å². The Morgan fingerprint density at radius 2 is 1.97 bits per heavy atom. The largest absolute Gasteiger partial charge is 0.497 e. The zero-order valence-electron chi connectivity index (χ0n) is 18.9. The summed E-state index contributed by atoms with van der Waals surface area (Å²) < 4.78 is 16.4. The van der Waals surface area contributed by atoms with E-state index in [0.29, 0.717) is 25.7 Å². The highest BCUT2D eigenvalue weighted by molar-refractivity contribution is 14.0. The van der Waals surface area contributed by atoms with E-state index in [4.69, 9.17) is 14.2 Å². The Morgan fingerprint density at radius 1 is 1.23 bits per heavy atom. The van der Waals surface area contributed by atoms with Crippen molar-refractivity contribution in [2.24, 2.45) is 4.99 Å². The molecule has 2 N–H and O–H groups in total. The molecule has 1 atom stereocenters. The SMILES string of the molecule is COc1ccc(CCNC(=NCC(=O)N(C)C)NCCCOCC2CCCO2)cc1.I. The maximum absolute atomic E-state index is 11.9. The monoisotopic (exact) mass is 548 g/mol. The summed E-state index contributed by atoms with van der Waals surface area (Å²) in [7, 11) is 5.12. The van der Waals surface area contributed by atoms with Crippen molar-refractivity contribution in [3.63, 3.8) is 0 Å². The van der Waals surface area contributed by atoms with E-state index in [1.54, 1.807) is 21.2 Å². The van der Waals surface area contributed by atoms with E-state index in [1.165, 1.54) is 10.5 Å². The van der Waals surface area contributed by atoms with E-state index in [-0.39, 0.29) is 42.5 Å². The molecule has 1 amide bonds. The minimum absolute atomic E-state index is 0. The first-order chi connectivity index (χ1) is 14.6. The summed E-state index contributed by atoms with van der Waals surface area (Å²) in [5.41, 5.74) is 1.20. The zero-order valence-corrected chi connectivity index (χ0v) is 21.2. The first-order valence-electron chi connectivity index (χ1n) is 10.6. The topological polar surface area (TPSA) is 84.4 Å². The molecule has 1 fully saturated rings. The Balaban J connectivity index is 0.00000480. The van der Waals surface area contributed by atoms with Gasteiger partial charge in [0.2, 0.25) is 5.91 Å². The molecule has 1 aromatic rings. The number of carbonyl (C=O) groups excluding carboxylic acids is 1. The van der Waals surface area contributed by atoms with Crippen LogP contribution in [0.1, 0.15) is 24.8 Å². The van der Waals surface area contributed by atoms with Gasteiger partial charge in [-0.25, -0.2) is 4.99 Å². The van der Waals surface area contributed by atoms with Gasteiger partial charge in [-0.15, -0.1) is 24.0 Å². The van der Waals surface area contributed by atoms with Crippen LogP contribution in [-0.2, 0) is 20.7 Å². The standard InChI is InChI=1S/C22H36N4O4.HI/c1-26(2)21(27)16-25-22(23-12-5-14-29-17-20-6-4-15-30-20)24-13-11-18-7-9-19(28-3)10-8-18;/h7-10,20H,4-6,11-17H2,1-3H3,(H2,23,24,25);1H. The lowest BCUT2D eigenvalue weighted by Gasteiger charge is -2.14. The molecule has 1 aliphatic heterocycles. The second kappa shape index (κ2) is 16.1. The second-order valence-corrected chi connectivity index (χ2v) is 7.47. The van der Waals surface area contributed by atoms with Crippen molar-refractivity contribution in [3.05, 3.63) is 29.8 Å². The Hall–Kier alpha value is -1.59. The fourth-order valence-corrected chi connectivity index (χ4v) is 2.95. The first kappa shape index (κ1) is 27.4. The molecule has 8 nitrogen and oxygen atoms in total. The van der Waals surface area contributed by atoms with Gasteiger partial charge in [0.15, 0.2) is 5.96 Å². The Bertz CT molecular complexity index is 649. The number of amides is 1. The highest BCUT2D eigenvalue weighted by Gasteiger charge is 2.14. The zero-order chi connectivity index (χ0) is 21.6. The van der Waals surface area contributed by atoms with E-state index in [0.717, 1.165) is 44.6 Å².